The van der Waals surface area contributed by atoms with Crippen molar-refractivity contribution in [2.75, 3.05) is 0 Å². The summed E-state index contributed by atoms with van der Waals surface area (Å²) in [6.07, 6.45) is 0. The van der Waals surface area contributed by atoms with Crippen molar-refractivity contribution < 1.29 is 19.0 Å². The number of hydrogen-bond acceptors (Lipinski definition) is 2. The van der Waals surface area contributed by atoms with E-state index in [1.165, 1.54) is 24.3 Å². The molecule has 0 saturated heterocycles. The van der Waals surface area contributed by atoms with Gasteiger partial charge in [0.1, 0.15) is 0 Å². The van der Waals surface area contributed by atoms with Gasteiger partial charge in [0.15, 0.2) is 23.1 Å². The lowest BCUT2D eigenvalue weighted by molar-refractivity contribution is 0.427. The van der Waals surface area contributed by atoms with Gasteiger partial charge in [0.25, 0.3) is 0 Å². The van der Waals surface area contributed by atoms with Crippen LogP contribution in [0, 0.1) is 11.6 Å². The molecule has 2 aromatic carbocycles. The third-order valence-corrected chi connectivity index (χ3v) is 2.26. The third kappa shape index (κ3) is 1.58. The van der Waals surface area contributed by atoms with Crippen LogP contribution in [0.3, 0.4) is 0 Å². The Morgan fingerprint density at radius 3 is 1.44 bits per heavy atom. The predicted molar refractivity (Wildman–Crippen MR) is 55.1 cm³/mol. The Balaban J connectivity index is 2.68. The number of phenolic OH excluding ortho intramolecular Hbond substituents is 2. The third-order valence-electron chi connectivity index (χ3n) is 2.26. The Morgan fingerprint density at radius 2 is 1.06 bits per heavy atom. The molecule has 16 heavy (non-hydrogen) atoms. The van der Waals surface area contributed by atoms with Gasteiger partial charge >= 0.3 is 0 Å². The van der Waals surface area contributed by atoms with Crippen molar-refractivity contribution in [1.82, 2.24) is 0 Å². The first-order valence-corrected chi connectivity index (χ1v) is 4.56. The summed E-state index contributed by atoms with van der Waals surface area (Å²) < 4.78 is 26.1. The van der Waals surface area contributed by atoms with Gasteiger partial charge in [0, 0.05) is 11.1 Å². The zero-order valence-corrected chi connectivity index (χ0v) is 8.11. The van der Waals surface area contributed by atoms with Crippen molar-refractivity contribution in [2.45, 2.75) is 0 Å². The van der Waals surface area contributed by atoms with E-state index < -0.39 is 23.1 Å². The molecule has 2 aromatic rings. The van der Waals surface area contributed by atoms with Crippen LogP contribution in [0.25, 0.3) is 11.1 Å². The topological polar surface area (TPSA) is 40.5 Å². The van der Waals surface area contributed by atoms with Crippen LogP contribution in [-0.4, -0.2) is 10.2 Å². The Kier molecular flexibility index (Phi) is 2.48. The summed E-state index contributed by atoms with van der Waals surface area (Å²) in [6.45, 7) is 0. The summed E-state index contributed by atoms with van der Waals surface area (Å²) >= 11 is 0. The largest absolute Gasteiger partial charge is 0.504 e. The fourth-order valence-corrected chi connectivity index (χ4v) is 1.47. The number of aromatic hydroxyl groups is 2. The molecular weight excluding hydrogens is 214 g/mol. The molecule has 2 nitrogen and oxygen atoms in total. The lowest BCUT2D eigenvalue weighted by atomic mass is 10.0. The van der Waals surface area contributed by atoms with Gasteiger partial charge in [-0.15, -0.1) is 0 Å². The maximum Gasteiger partial charge on any atom is 0.165 e. The molecule has 2 rings (SSSR count). The maximum atomic E-state index is 13.1. The first kappa shape index (κ1) is 10.4. The van der Waals surface area contributed by atoms with Gasteiger partial charge in [-0.1, -0.05) is 24.3 Å². The molecular formula is C12H8F2O2. The minimum atomic E-state index is -0.818. The van der Waals surface area contributed by atoms with E-state index in [0.29, 0.717) is 0 Å². The molecule has 0 amide bonds. The first-order chi connectivity index (χ1) is 7.61. The van der Waals surface area contributed by atoms with Gasteiger partial charge < -0.3 is 10.2 Å². The van der Waals surface area contributed by atoms with Gasteiger partial charge in [-0.3, -0.25) is 0 Å². The van der Waals surface area contributed by atoms with Crippen molar-refractivity contribution in [3.05, 3.63) is 48.0 Å². The molecule has 0 aliphatic rings. The fourth-order valence-electron chi connectivity index (χ4n) is 1.47. The Hall–Kier alpha value is -2.10. The van der Waals surface area contributed by atoms with E-state index in [1.54, 1.807) is 0 Å². The average molecular weight is 222 g/mol. The second-order valence-corrected chi connectivity index (χ2v) is 3.27. The first-order valence-electron chi connectivity index (χ1n) is 4.56. The summed E-state index contributed by atoms with van der Waals surface area (Å²) in [4.78, 5) is 0. The summed E-state index contributed by atoms with van der Waals surface area (Å²) in [7, 11) is 0. The van der Waals surface area contributed by atoms with Crippen LogP contribution in [0.2, 0.25) is 0 Å². The molecule has 0 aliphatic carbocycles. The normalized spacial score (nSPS) is 10.4. The zero-order chi connectivity index (χ0) is 11.7. The fraction of sp³-hybridized carbons (Fsp3) is 0. The highest BCUT2D eigenvalue weighted by molar-refractivity contribution is 5.75. The lowest BCUT2D eigenvalue weighted by Crippen LogP contribution is -1.85. The maximum absolute atomic E-state index is 13.1. The molecule has 0 bridgehead atoms. The summed E-state index contributed by atoms with van der Waals surface area (Å²) in [5, 5.41) is 18.9. The van der Waals surface area contributed by atoms with E-state index in [-0.39, 0.29) is 11.1 Å². The summed E-state index contributed by atoms with van der Waals surface area (Å²) in [6, 6.07) is 7.69. The van der Waals surface area contributed by atoms with Crippen LogP contribution >= 0.6 is 0 Å². The second-order valence-electron chi connectivity index (χ2n) is 3.27. The number of rotatable bonds is 1. The van der Waals surface area contributed by atoms with Crippen molar-refractivity contribution in [3.63, 3.8) is 0 Å². The Bertz CT molecular complexity index is 489. The zero-order valence-electron chi connectivity index (χ0n) is 8.11. The van der Waals surface area contributed by atoms with E-state index in [2.05, 4.69) is 0 Å². The Morgan fingerprint density at radius 1 is 0.688 bits per heavy atom. The van der Waals surface area contributed by atoms with E-state index in [9.17, 15) is 19.0 Å². The van der Waals surface area contributed by atoms with E-state index >= 15 is 0 Å². The average Bonchev–Trinajstić information content (AvgIpc) is 2.27. The van der Waals surface area contributed by atoms with Crippen LogP contribution in [-0.2, 0) is 0 Å². The molecule has 0 atom stereocenters. The molecule has 82 valence electrons. The van der Waals surface area contributed by atoms with Gasteiger partial charge in [0.05, 0.1) is 0 Å². The molecule has 0 aromatic heterocycles. The molecule has 0 spiro atoms. The van der Waals surface area contributed by atoms with Crippen molar-refractivity contribution in [3.8, 4) is 22.6 Å². The van der Waals surface area contributed by atoms with Crippen LogP contribution in [0.1, 0.15) is 0 Å². The number of phenols is 2. The highest BCUT2D eigenvalue weighted by Crippen LogP contribution is 2.37. The monoisotopic (exact) mass is 222 g/mol. The molecule has 0 fully saturated rings. The number of para-hydroxylation sites is 2. The SMILES string of the molecule is Oc1c(F)cccc1-c1cccc(F)c1O. The second kappa shape index (κ2) is 3.81. The number of halogens is 2. The standard InChI is InChI=1S/C12H8F2O2/c13-9-5-1-3-7(11(9)15)8-4-2-6-10(14)12(8)16/h1-6,15-16H. The molecule has 0 radical (unpaired) electrons. The summed E-state index contributed by atoms with van der Waals surface area (Å²) in [5.41, 5.74) is 0.106. The minimum Gasteiger partial charge on any atom is -0.504 e. The molecule has 0 aliphatic heterocycles. The quantitative estimate of drug-likeness (QED) is 0.778. The van der Waals surface area contributed by atoms with Gasteiger partial charge in [-0.2, -0.15) is 0 Å². The smallest absolute Gasteiger partial charge is 0.165 e. The van der Waals surface area contributed by atoms with Gasteiger partial charge in [0.2, 0.25) is 0 Å². The highest BCUT2D eigenvalue weighted by Gasteiger charge is 2.14. The molecule has 2 N–H and O–H groups in total. The predicted octanol–water partition coefficient (Wildman–Crippen LogP) is 3.04. The minimum absolute atomic E-state index is 0.0528. The van der Waals surface area contributed by atoms with Crippen LogP contribution in [0.15, 0.2) is 36.4 Å². The van der Waals surface area contributed by atoms with Gasteiger partial charge in [-0.05, 0) is 12.1 Å². The summed E-state index contributed by atoms with van der Waals surface area (Å²) in [5.74, 6) is -2.85. The Labute approximate surface area is 90.4 Å². The van der Waals surface area contributed by atoms with Gasteiger partial charge in [-0.25, -0.2) is 8.78 Å². The van der Waals surface area contributed by atoms with E-state index in [0.717, 1.165) is 12.1 Å². The van der Waals surface area contributed by atoms with Crippen LogP contribution < -0.4 is 0 Å². The molecule has 0 unspecified atom stereocenters. The number of benzene rings is 2. The van der Waals surface area contributed by atoms with E-state index in [1.807, 2.05) is 0 Å². The van der Waals surface area contributed by atoms with Crippen LogP contribution in [0.5, 0.6) is 11.5 Å². The van der Waals surface area contributed by atoms with Crippen molar-refractivity contribution in [1.29, 1.82) is 0 Å². The lowest BCUT2D eigenvalue weighted by Gasteiger charge is -2.07. The van der Waals surface area contributed by atoms with Crippen LogP contribution in [0.4, 0.5) is 8.78 Å². The molecule has 4 heteroatoms. The molecule has 0 saturated carbocycles. The van der Waals surface area contributed by atoms with Crippen molar-refractivity contribution in [2.24, 2.45) is 0 Å². The molecule has 0 heterocycles. The van der Waals surface area contributed by atoms with Crippen molar-refractivity contribution >= 4 is 0 Å². The number of hydrogen-bond donors (Lipinski definition) is 2. The van der Waals surface area contributed by atoms with E-state index in [4.69, 9.17) is 0 Å². The highest BCUT2D eigenvalue weighted by atomic mass is 19.1.